The molecule has 0 bridgehead atoms. The van der Waals surface area contributed by atoms with E-state index in [-0.39, 0.29) is 6.42 Å². The van der Waals surface area contributed by atoms with Gasteiger partial charge in [-0.3, -0.25) is 19.0 Å². The van der Waals surface area contributed by atoms with Crippen molar-refractivity contribution in [1.82, 2.24) is 5.32 Å². The highest BCUT2D eigenvalue weighted by molar-refractivity contribution is 7.87. The fourth-order valence-corrected chi connectivity index (χ4v) is 4.50. The van der Waals surface area contributed by atoms with Gasteiger partial charge in [0.1, 0.15) is 0 Å². The average molecular weight is 385 g/mol. The summed E-state index contributed by atoms with van der Waals surface area (Å²) in [6.45, 7) is 0.578. The maximum absolute atomic E-state index is 11.2. The van der Waals surface area contributed by atoms with Crippen molar-refractivity contribution in [3.8, 4) is 0 Å². The molecule has 0 aromatic heterocycles. The SMILES string of the molecule is CCCCCC(O)(NCC(P(=O)(O)O)P(=O)(O)O)S(=O)(=O)O. The third-order valence-electron chi connectivity index (χ3n) is 2.88. The summed E-state index contributed by atoms with van der Waals surface area (Å²) in [6.07, 6.45) is 0.792. The van der Waals surface area contributed by atoms with Crippen LogP contribution in [0.15, 0.2) is 0 Å². The molecular formula is C8H21NO10P2S. The van der Waals surface area contributed by atoms with E-state index in [1.165, 1.54) is 0 Å². The smallest absolute Gasteiger partial charge is 0.342 e. The zero-order valence-corrected chi connectivity index (χ0v) is 14.3. The number of hydrogen-bond donors (Lipinski definition) is 7. The van der Waals surface area contributed by atoms with Gasteiger partial charge in [0.05, 0.1) is 0 Å². The van der Waals surface area contributed by atoms with Crippen LogP contribution in [0.5, 0.6) is 0 Å². The van der Waals surface area contributed by atoms with Crippen molar-refractivity contribution < 1.29 is 46.8 Å². The van der Waals surface area contributed by atoms with Gasteiger partial charge in [0.2, 0.25) is 5.06 Å². The topological polar surface area (TPSA) is 202 Å². The summed E-state index contributed by atoms with van der Waals surface area (Å²) in [5.74, 6) is 0. The van der Waals surface area contributed by atoms with Crippen LogP contribution in [-0.2, 0) is 19.2 Å². The monoisotopic (exact) mass is 385 g/mol. The van der Waals surface area contributed by atoms with Crippen LogP contribution in [0.1, 0.15) is 32.6 Å². The number of aliphatic hydroxyl groups is 1. The highest BCUT2D eigenvalue weighted by Crippen LogP contribution is 2.59. The lowest BCUT2D eigenvalue weighted by Gasteiger charge is -2.29. The minimum absolute atomic E-state index is 0.149. The molecule has 11 nitrogen and oxygen atoms in total. The lowest BCUT2D eigenvalue weighted by atomic mass is 10.2. The second kappa shape index (κ2) is 7.80. The Morgan fingerprint density at radius 2 is 1.55 bits per heavy atom. The Morgan fingerprint density at radius 3 is 1.86 bits per heavy atom. The van der Waals surface area contributed by atoms with Crippen molar-refractivity contribution in [2.24, 2.45) is 0 Å². The van der Waals surface area contributed by atoms with E-state index in [2.05, 4.69) is 0 Å². The van der Waals surface area contributed by atoms with E-state index in [1.807, 2.05) is 0 Å². The number of rotatable bonds is 10. The van der Waals surface area contributed by atoms with Crippen molar-refractivity contribution >= 4 is 25.3 Å². The molecule has 7 N–H and O–H groups in total. The van der Waals surface area contributed by atoms with Crippen LogP contribution in [-0.4, -0.2) is 54.7 Å². The molecule has 0 aliphatic carbocycles. The normalized spacial score (nSPS) is 16.7. The summed E-state index contributed by atoms with van der Waals surface area (Å²) >= 11 is 0. The molecule has 22 heavy (non-hydrogen) atoms. The van der Waals surface area contributed by atoms with E-state index in [0.29, 0.717) is 12.8 Å². The van der Waals surface area contributed by atoms with E-state index in [4.69, 9.17) is 24.1 Å². The quantitative estimate of drug-likeness (QED) is 0.109. The fourth-order valence-electron chi connectivity index (χ4n) is 1.61. The molecule has 134 valence electrons. The molecule has 0 aliphatic rings. The van der Waals surface area contributed by atoms with Gasteiger partial charge in [0, 0.05) is 13.0 Å². The van der Waals surface area contributed by atoms with Crippen molar-refractivity contribution in [3.05, 3.63) is 0 Å². The van der Waals surface area contributed by atoms with Gasteiger partial charge in [-0.05, 0) is 6.42 Å². The third kappa shape index (κ3) is 6.71. The summed E-state index contributed by atoms with van der Waals surface area (Å²) < 4.78 is 53.6. The molecule has 0 saturated carbocycles. The van der Waals surface area contributed by atoms with Crippen LogP contribution in [0, 0.1) is 0 Å². The molecule has 0 saturated heterocycles. The van der Waals surface area contributed by atoms with Gasteiger partial charge in [0.25, 0.3) is 0 Å². The predicted octanol–water partition coefficient (Wildman–Crippen LogP) is -0.628. The minimum atomic E-state index is -5.28. The first-order chi connectivity index (χ1) is 9.65. The summed E-state index contributed by atoms with van der Waals surface area (Å²) in [7, 11) is -15.7. The molecule has 0 spiro atoms. The van der Waals surface area contributed by atoms with Gasteiger partial charge in [-0.25, -0.2) is 0 Å². The Labute approximate surface area is 127 Å². The molecule has 0 fully saturated rings. The van der Waals surface area contributed by atoms with Gasteiger partial charge in [-0.1, -0.05) is 19.8 Å². The Bertz CT molecular complexity index is 531. The lowest BCUT2D eigenvalue weighted by molar-refractivity contribution is 0.0670. The van der Waals surface area contributed by atoms with E-state index in [1.54, 1.807) is 12.2 Å². The van der Waals surface area contributed by atoms with Crippen molar-refractivity contribution in [2.75, 3.05) is 6.54 Å². The van der Waals surface area contributed by atoms with E-state index >= 15 is 0 Å². The van der Waals surface area contributed by atoms with Gasteiger partial charge in [-0.2, -0.15) is 8.42 Å². The molecule has 1 atom stereocenters. The summed E-state index contributed by atoms with van der Waals surface area (Å²) in [6, 6.07) is 0. The summed E-state index contributed by atoms with van der Waals surface area (Å²) in [5, 5.41) is 6.15. The number of unbranched alkanes of at least 4 members (excludes halogenated alkanes) is 2. The molecule has 0 amide bonds. The molecule has 0 aromatic rings. The van der Waals surface area contributed by atoms with Crippen LogP contribution in [0.25, 0.3) is 0 Å². The van der Waals surface area contributed by atoms with Gasteiger partial charge < -0.3 is 24.7 Å². The van der Waals surface area contributed by atoms with Crippen LogP contribution in [0.3, 0.4) is 0 Å². The van der Waals surface area contributed by atoms with E-state index < -0.39 is 48.7 Å². The second-order valence-corrected chi connectivity index (χ2v) is 10.4. The molecule has 0 aromatic carbocycles. The molecule has 1 unspecified atom stereocenters. The third-order valence-corrected chi connectivity index (χ3v) is 7.81. The molecule has 0 radical (unpaired) electrons. The number of nitrogens with one attached hydrogen (secondary N) is 1. The average Bonchev–Trinajstić information content (AvgIpc) is 2.24. The fraction of sp³-hybridized carbons (Fsp3) is 1.00. The molecule has 0 rings (SSSR count). The van der Waals surface area contributed by atoms with Gasteiger partial charge >= 0.3 is 25.3 Å². The summed E-state index contributed by atoms with van der Waals surface area (Å²) in [5.41, 5.74) is 0. The predicted molar refractivity (Wildman–Crippen MR) is 76.5 cm³/mol. The zero-order valence-electron chi connectivity index (χ0n) is 11.7. The van der Waals surface area contributed by atoms with Gasteiger partial charge in [-0.15, -0.1) is 0 Å². The Balaban J connectivity index is 5.25. The first-order valence-electron chi connectivity index (χ1n) is 6.20. The lowest BCUT2D eigenvalue weighted by Crippen LogP contribution is -2.53. The Morgan fingerprint density at radius 1 is 1.09 bits per heavy atom. The van der Waals surface area contributed by atoms with Crippen LogP contribution < -0.4 is 5.32 Å². The number of hydrogen-bond acceptors (Lipinski definition) is 6. The standard InChI is InChI=1S/C8H21NO10P2S/c1-2-3-4-5-8(10,22(17,18)19)9-6-7(20(11,12)13)21(14,15)16/h7,9-10H,2-6H2,1H3,(H2,11,12,13)(H2,14,15,16)(H,17,18,19). The van der Waals surface area contributed by atoms with Crippen molar-refractivity contribution in [1.29, 1.82) is 0 Å². The highest BCUT2D eigenvalue weighted by atomic mass is 32.2. The Kier molecular flexibility index (Phi) is 7.85. The maximum atomic E-state index is 11.2. The first-order valence-corrected chi connectivity index (χ1v) is 11.0. The minimum Gasteiger partial charge on any atom is -0.361 e. The Hall–Kier alpha value is 0.130. The second-order valence-electron chi connectivity index (χ2n) is 4.76. The zero-order chi connectivity index (χ0) is 17.8. The molecule has 0 aliphatic heterocycles. The van der Waals surface area contributed by atoms with E-state index in [9.17, 15) is 22.7 Å². The van der Waals surface area contributed by atoms with Crippen LogP contribution in [0.2, 0.25) is 0 Å². The van der Waals surface area contributed by atoms with Gasteiger partial charge in [0.15, 0.2) is 5.40 Å². The maximum Gasteiger partial charge on any atom is 0.342 e. The highest BCUT2D eigenvalue weighted by Gasteiger charge is 2.47. The van der Waals surface area contributed by atoms with Crippen LogP contribution >= 0.6 is 15.2 Å². The molecular weight excluding hydrogens is 364 g/mol. The molecule has 14 heteroatoms. The van der Waals surface area contributed by atoms with Crippen LogP contribution in [0.4, 0.5) is 0 Å². The van der Waals surface area contributed by atoms with Crippen molar-refractivity contribution in [3.63, 3.8) is 0 Å². The summed E-state index contributed by atoms with van der Waals surface area (Å²) in [4.78, 5) is 35.6. The first kappa shape index (κ1) is 22.1. The largest absolute Gasteiger partial charge is 0.361 e. The van der Waals surface area contributed by atoms with E-state index in [0.717, 1.165) is 0 Å². The molecule has 0 heterocycles. The van der Waals surface area contributed by atoms with Crippen molar-refractivity contribution in [2.45, 2.75) is 43.1 Å².